The minimum absolute atomic E-state index is 0.0937. The topological polar surface area (TPSA) is 394 Å². The van der Waals surface area contributed by atoms with E-state index in [9.17, 15) is 66.0 Å². The maximum atomic E-state index is 14.4. The predicted octanol–water partition coefficient (Wildman–Crippen LogP) is 8.97. The third-order valence-electron chi connectivity index (χ3n) is 19.9. The Morgan fingerprint density at radius 1 is 0.856 bits per heavy atom. The number of Topliss-reactive ketones (excluding diaryl/α,β-unsaturated/α-hetero) is 1. The van der Waals surface area contributed by atoms with Crippen LogP contribution in [0.1, 0.15) is 155 Å². The lowest BCUT2D eigenvalue weighted by Crippen LogP contribution is -2.61. The number of benzene rings is 3. The summed E-state index contributed by atoms with van der Waals surface area (Å²) in [4.78, 5) is 145. The summed E-state index contributed by atoms with van der Waals surface area (Å²) in [5.41, 5.74) is 9.13. The Bertz CT molecular complexity index is 4370. The number of hydrogen-bond acceptors (Lipinski definition) is 18. The maximum Gasteiger partial charge on any atom is 0.410 e. The first kappa shape index (κ1) is 76.7. The number of fused-ring (bicyclic) bond motifs is 4. The van der Waals surface area contributed by atoms with Crippen LogP contribution in [0.3, 0.4) is 0 Å². The number of carboxylic acid groups (broad SMARTS) is 1. The number of carboxylic acids is 1. The Morgan fingerprint density at radius 2 is 1.61 bits per heavy atom. The highest BCUT2D eigenvalue weighted by molar-refractivity contribution is 7.85. The van der Waals surface area contributed by atoms with Crippen molar-refractivity contribution in [3.8, 4) is 11.1 Å². The number of para-hydroxylation sites is 1. The van der Waals surface area contributed by atoms with Crippen molar-refractivity contribution >= 4 is 108 Å². The zero-order valence-corrected chi connectivity index (χ0v) is 61.0. The highest BCUT2D eigenvalue weighted by Crippen LogP contribution is 2.60. The summed E-state index contributed by atoms with van der Waals surface area (Å²) in [6.07, 6.45) is 8.95. The van der Waals surface area contributed by atoms with Gasteiger partial charge in [-0.1, -0.05) is 81.9 Å². The number of primary amides is 1. The lowest BCUT2D eigenvalue weighted by atomic mass is 9.49. The van der Waals surface area contributed by atoms with Gasteiger partial charge in [0.25, 0.3) is 27.8 Å². The number of amides is 9. The van der Waals surface area contributed by atoms with Crippen LogP contribution in [-0.4, -0.2) is 157 Å². The van der Waals surface area contributed by atoms with Gasteiger partial charge in [0.15, 0.2) is 16.6 Å². The minimum Gasteiger partial charge on any atom is -0.476 e. The standard InChI is InChI=1S/C74H91N13O15S2/c1-45(2)64(81-60(89)19-8-7-11-30-86-62(91)26-27-63(86)92)57(88)34-50(15-13-29-76-69(75)97)66(93)78-51-22-20-48(21-23-51)40-102-71(98)85(32-33-104(99,100)101)39-61(90)83-73(6)41-72(5)35-46(3)36-74(42-72,43-73)44-87-47(4)54(37-77-87)52-24-25-59(80-65(52)68(95)96)84-31-28-49-14-12-16-53(55(49)38-84)67(94)82-70-79-56-17-9-10-18-58(56)103-70/h9-10,12,14,16-18,20-27,37,45-46,50,64H,7-8,11,13,15,19,28-36,38-44H2,1-6H3,(H,78,93)(H,81,89)(H,83,90)(H,95,96)(H3,75,76,97)(H,79,82,94)(H,99,100,101)/t46?,50-,64+,72?,73?,74?/m1/s1. The Kier molecular flexibility index (Phi) is 24.2. The molecule has 9 N–H and O–H groups in total. The number of nitrogens with two attached hydrogens (primary N) is 1. The summed E-state index contributed by atoms with van der Waals surface area (Å²) in [5.74, 6) is -5.54. The molecule has 10 rings (SSSR count). The van der Waals surface area contributed by atoms with Gasteiger partial charge in [-0.2, -0.15) is 13.5 Å². The van der Waals surface area contributed by atoms with Crippen molar-refractivity contribution in [2.75, 3.05) is 54.0 Å². The number of carbonyl (C=O) groups is 10. The van der Waals surface area contributed by atoms with Crippen LogP contribution < -0.4 is 37.2 Å². The highest BCUT2D eigenvalue weighted by atomic mass is 32.2. The second-order valence-corrected chi connectivity index (χ2v) is 31.8. The normalized spacial score (nSPS) is 19.8. The molecule has 2 saturated carbocycles. The fraction of sp³-hybridized carbons (Fsp3) is 0.473. The molecule has 0 spiro atoms. The number of anilines is 3. The number of pyridine rings is 1. The first-order valence-electron chi connectivity index (χ1n) is 35.1. The monoisotopic (exact) mass is 1470 g/mol. The molecule has 9 amide bonds. The van der Waals surface area contributed by atoms with Crippen LogP contribution in [0.5, 0.6) is 0 Å². The third-order valence-corrected chi connectivity index (χ3v) is 21.6. The van der Waals surface area contributed by atoms with Crippen LogP contribution >= 0.6 is 11.3 Å². The molecule has 0 radical (unpaired) electrons. The highest BCUT2D eigenvalue weighted by Gasteiger charge is 2.55. The summed E-state index contributed by atoms with van der Waals surface area (Å²) in [7, 11) is -4.62. The van der Waals surface area contributed by atoms with Gasteiger partial charge in [-0.05, 0) is 160 Å². The number of unbranched alkanes of at least 4 members (excludes halogenated alkanes) is 2. The summed E-state index contributed by atoms with van der Waals surface area (Å²) in [5, 5.41) is 30.4. The van der Waals surface area contributed by atoms with Crippen molar-refractivity contribution in [3.05, 3.63) is 131 Å². The number of thiazole rings is 1. The number of imide groups is 1. The van der Waals surface area contributed by atoms with Crippen molar-refractivity contribution in [1.82, 2.24) is 45.5 Å². The molecule has 3 aromatic heterocycles. The van der Waals surface area contributed by atoms with Crippen LogP contribution in [0.4, 0.5) is 26.2 Å². The predicted molar refractivity (Wildman–Crippen MR) is 390 cm³/mol. The second kappa shape index (κ2) is 32.8. The Labute approximate surface area is 607 Å². The number of aromatic nitrogens is 4. The molecule has 554 valence electrons. The van der Waals surface area contributed by atoms with E-state index in [1.54, 1.807) is 62.5 Å². The first-order chi connectivity index (χ1) is 49.3. The molecule has 0 saturated heterocycles. The molecular weight excluding hydrogens is 1380 g/mol. The quantitative estimate of drug-likeness (QED) is 0.0111. The number of urea groups is 1. The van der Waals surface area contributed by atoms with Crippen LogP contribution in [-0.2, 0) is 69.7 Å². The summed E-state index contributed by atoms with van der Waals surface area (Å²) in [6.45, 7) is 11.9. The zero-order valence-electron chi connectivity index (χ0n) is 59.3. The van der Waals surface area contributed by atoms with Crippen molar-refractivity contribution in [2.45, 2.75) is 156 Å². The van der Waals surface area contributed by atoms with Gasteiger partial charge in [0.2, 0.25) is 17.7 Å². The maximum absolute atomic E-state index is 14.4. The smallest absolute Gasteiger partial charge is 0.410 e. The van der Waals surface area contributed by atoms with Gasteiger partial charge in [0.05, 0.1) is 28.2 Å². The largest absolute Gasteiger partial charge is 0.476 e. The molecule has 104 heavy (non-hydrogen) atoms. The number of aromatic carboxylic acids is 1. The fourth-order valence-corrected chi connectivity index (χ4v) is 17.3. The first-order valence-corrected chi connectivity index (χ1v) is 37.5. The Balaban J connectivity index is 0.754. The van der Waals surface area contributed by atoms with E-state index in [0.717, 1.165) is 50.4 Å². The van der Waals surface area contributed by atoms with Gasteiger partial charge in [-0.3, -0.25) is 57.9 Å². The number of nitrogens with one attached hydrogen (secondary N) is 5. The van der Waals surface area contributed by atoms with Crippen LogP contribution in [0.2, 0.25) is 0 Å². The van der Waals surface area contributed by atoms with E-state index in [1.165, 1.54) is 23.5 Å². The molecule has 6 atom stereocenters. The third kappa shape index (κ3) is 19.7. The molecule has 3 aromatic carbocycles. The van der Waals surface area contributed by atoms with E-state index < -0.39 is 81.8 Å². The van der Waals surface area contributed by atoms with Gasteiger partial charge < -0.3 is 41.7 Å². The van der Waals surface area contributed by atoms with Crippen LogP contribution in [0, 0.1) is 35.5 Å². The molecule has 4 unspecified atom stereocenters. The minimum atomic E-state index is -4.62. The zero-order chi connectivity index (χ0) is 74.8. The lowest BCUT2D eigenvalue weighted by Gasteiger charge is -2.59. The Morgan fingerprint density at radius 3 is 2.32 bits per heavy atom. The van der Waals surface area contributed by atoms with Gasteiger partial charge in [0, 0.05) is 104 Å². The molecule has 28 nitrogen and oxygen atoms in total. The fourth-order valence-electron chi connectivity index (χ4n) is 16.0. The van der Waals surface area contributed by atoms with Crippen molar-refractivity contribution in [1.29, 1.82) is 0 Å². The van der Waals surface area contributed by atoms with E-state index in [-0.39, 0.29) is 91.8 Å². The molecule has 2 aliphatic carbocycles. The number of ketones is 1. The summed E-state index contributed by atoms with van der Waals surface area (Å²) in [6, 6.07) is 21.4. The molecule has 2 bridgehead atoms. The molecular formula is C74H91N13O15S2. The van der Waals surface area contributed by atoms with Crippen molar-refractivity contribution < 1.29 is 70.8 Å². The van der Waals surface area contributed by atoms with Gasteiger partial charge in [-0.15, -0.1) is 0 Å². The number of hydrogen-bond donors (Lipinski definition) is 8. The Hall–Kier alpha value is -9.94. The SMILES string of the molecule is Cc1c(-c2ccc(N3CCc4cccc(C(=O)Nc5nc6ccccc6s5)c4C3)nc2C(=O)O)cnn1CC12CC(C)CC(C)(C1)CC(C)(NC(=O)CN(CCS(=O)(=O)O)C(=O)OCc1ccc(NC(=O)[C@H](CCCNC(N)=O)CC(=O)[C@@H](NC(=O)CCCCCN3C(=O)C=CC3=O)C(C)C)cc1)C2. The molecule has 6 aromatic rings. The van der Waals surface area contributed by atoms with Crippen molar-refractivity contribution in [3.63, 3.8) is 0 Å². The number of ether oxygens (including phenoxy) is 1. The van der Waals surface area contributed by atoms with E-state index in [4.69, 9.17) is 20.6 Å². The number of carbonyl (C=O) groups excluding carboxylic acids is 9. The molecule has 2 aliphatic heterocycles. The average Bonchev–Trinajstić information content (AvgIpc) is 0.934. The molecule has 2 fully saturated rings. The summed E-state index contributed by atoms with van der Waals surface area (Å²) >= 11 is 1.39. The van der Waals surface area contributed by atoms with E-state index in [1.807, 2.05) is 59.8 Å². The molecule has 30 heteroatoms. The van der Waals surface area contributed by atoms with Gasteiger partial charge in [-0.25, -0.2) is 24.4 Å². The van der Waals surface area contributed by atoms with E-state index in [0.29, 0.717) is 109 Å². The van der Waals surface area contributed by atoms with Crippen LogP contribution in [0.15, 0.2) is 97.2 Å². The molecule has 5 heterocycles. The second-order valence-electron chi connectivity index (χ2n) is 29.2. The van der Waals surface area contributed by atoms with E-state index in [2.05, 4.69) is 45.4 Å². The lowest BCUT2D eigenvalue weighted by molar-refractivity contribution is -0.137. The number of rotatable bonds is 32. The van der Waals surface area contributed by atoms with Gasteiger partial charge >= 0.3 is 18.1 Å². The van der Waals surface area contributed by atoms with Crippen molar-refractivity contribution in [2.24, 2.45) is 34.3 Å². The summed E-state index contributed by atoms with van der Waals surface area (Å²) < 4.78 is 42.5. The van der Waals surface area contributed by atoms with Crippen LogP contribution in [0.25, 0.3) is 21.3 Å². The average molecular weight is 1470 g/mol. The number of nitrogens with zero attached hydrogens (tertiary/aromatic N) is 7. The van der Waals surface area contributed by atoms with E-state index >= 15 is 0 Å². The molecule has 4 aliphatic rings. The van der Waals surface area contributed by atoms with Gasteiger partial charge in [0.1, 0.15) is 19.0 Å².